The van der Waals surface area contributed by atoms with Gasteiger partial charge >= 0.3 is 0 Å². The summed E-state index contributed by atoms with van der Waals surface area (Å²) in [6.45, 7) is 0. The van der Waals surface area contributed by atoms with Crippen LogP contribution in [0.5, 0.6) is 11.5 Å². The second kappa shape index (κ2) is 9.11. The number of thiophene rings is 1. The normalized spacial score (nSPS) is 19.1. The third kappa shape index (κ3) is 4.61. The molecule has 1 aliphatic heterocycles. The van der Waals surface area contributed by atoms with Crippen LogP contribution in [0.25, 0.3) is 0 Å². The first-order valence-electron chi connectivity index (χ1n) is 10.5. The van der Waals surface area contributed by atoms with Crippen LogP contribution in [0.3, 0.4) is 0 Å². The minimum absolute atomic E-state index is 0.0433. The summed E-state index contributed by atoms with van der Waals surface area (Å²) in [5.41, 5.74) is 1.80. The first kappa shape index (κ1) is 22.6. The van der Waals surface area contributed by atoms with Gasteiger partial charge in [0, 0.05) is 16.5 Å². The van der Waals surface area contributed by atoms with Gasteiger partial charge in [-0.15, -0.1) is 11.3 Å². The number of ether oxygens (including phenoxy) is 2. The molecule has 2 heterocycles. The van der Waals surface area contributed by atoms with Gasteiger partial charge in [-0.05, 0) is 55.9 Å². The predicted molar refractivity (Wildman–Crippen MR) is 123 cm³/mol. The van der Waals surface area contributed by atoms with Crippen molar-refractivity contribution in [1.29, 1.82) is 0 Å². The van der Waals surface area contributed by atoms with Crippen LogP contribution >= 0.6 is 11.3 Å². The summed E-state index contributed by atoms with van der Waals surface area (Å²) in [7, 11) is -0.0882. The van der Waals surface area contributed by atoms with Gasteiger partial charge < -0.3 is 20.1 Å². The number of benzene rings is 1. The smallest absolute Gasteiger partial charge is 0.256 e. The maximum atomic E-state index is 13.2. The highest BCUT2D eigenvalue weighted by atomic mass is 32.2. The fourth-order valence-corrected chi connectivity index (χ4v) is 7.17. The van der Waals surface area contributed by atoms with Crippen LogP contribution in [-0.2, 0) is 22.7 Å². The van der Waals surface area contributed by atoms with Crippen LogP contribution in [0.1, 0.15) is 50.4 Å². The molecule has 1 atom stereocenters. The Morgan fingerprint density at radius 2 is 1.81 bits per heavy atom. The van der Waals surface area contributed by atoms with E-state index in [4.69, 9.17) is 9.47 Å². The minimum atomic E-state index is -3.11. The number of anilines is 1. The molecule has 1 saturated heterocycles. The van der Waals surface area contributed by atoms with Crippen LogP contribution in [-0.4, -0.2) is 52.0 Å². The highest BCUT2D eigenvalue weighted by Gasteiger charge is 2.32. The molecule has 2 amide bonds. The number of nitrogens with one attached hydrogen (secondary N) is 2. The Balaban J connectivity index is 1.60. The monoisotopic (exact) mass is 478 g/mol. The number of amides is 2. The van der Waals surface area contributed by atoms with E-state index in [-0.39, 0.29) is 23.3 Å². The SMILES string of the molecule is COc1ccc(C(=O)Nc2sc3c(c2C(=O)NC2CCS(=O)(=O)C2)CCCC3)cc1OC. The van der Waals surface area contributed by atoms with Gasteiger partial charge in [-0.2, -0.15) is 0 Å². The van der Waals surface area contributed by atoms with Crippen LogP contribution in [0.15, 0.2) is 18.2 Å². The third-order valence-corrected chi connectivity index (χ3v) is 8.81. The quantitative estimate of drug-likeness (QED) is 0.661. The molecule has 1 unspecified atom stereocenters. The Hall–Kier alpha value is -2.59. The average molecular weight is 479 g/mol. The second-order valence-electron chi connectivity index (χ2n) is 8.01. The fraction of sp³-hybridized carbons (Fsp3) is 0.455. The zero-order valence-electron chi connectivity index (χ0n) is 18.0. The van der Waals surface area contributed by atoms with E-state index in [0.717, 1.165) is 36.1 Å². The van der Waals surface area contributed by atoms with Gasteiger partial charge in [0.2, 0.25) is 0 Å². The fourth-order valence-electron chi connectivity index (χ4n) is 4.21. The number of aryl methyl sites for hydroxylation is 1. The van der Waals surface area contributed by atoms with E-state index in [1.165, 1.54) is 25.6 Å². The Bertz CT molecular complexity index is 1160. The predicted octanol–water partition coefficient (Wildman–Crippen LogP) is 2.81. The lowest BCUT2D eigenvalue weighted by atomic mass is 9.95. The van der Waals surface area contributed by atoms with Gasteiger partial charge in [-0.25, -0.2) is 8.42 Å². The van der Waals surface area contributed by atoms with Crippen molar-refractivity contribution in [2.75, 3.05) is 31.0 Å². The highest BCUT2D eigenvalue weighted by molar-refractivity contribution is 7.91. The molecule has 2 N–H and O–H groups in total. The first-order valence-corrected chi connectivity index (χ1v) is 13.1. The van der Waals surface area contributed by atoms with Crippen molar-refractivity contribution >= 4 is 38.0 Å². The Labute approximate surface area is 191 Å². The van der Waals surface area contributed by atoms with Crippen molar-refractivity contribution in [3.63, 3.8) is 0 Å². The van der Waals surface area contributed by atoms with E-state index in [1.807, 2.05) is 0 Å². The Kier molecular flexibility index (Phi) is 6.43. The number of fused-ring (bicyclic) bond motifs is 1. The molecule has 10 heteroatoms. The van der Waals surface area contributed by atoms with Crippen molar-refractivity contribution in [3.05, 3.63) is 39.8 Å². The molecule has 8 nitrogen and oxygen atoms in total. The lowest BCUT2D eigenvalue weighted by Gasteiger charge is -2.15. The molecular formula is C22H26N2O6S2. The number of hydrogen-bond donors (Lipinski definition) is 2. The van der Waals surface area contributed by atoms with Gasteiger partial charge in [0.1, 0.15) is 5.00 Å². The van der Waals surface area contributed by atoms with E-state index in [1.54, 1.807) is 18.2 Å². The van der Waals surface area contributed by atoms with Gasteiger partial charge in [-0.1, -0.05) is 0 Å². The van der Waals surface area contributed by atoms with E-state index in [0.29, 0.717) is 34.0 Å². The number of carbonyl (C=O) groups is 2. The molecule has 1 aromatic carbocycles. The van der Waals surface area contributed by atoms with Gasteiger partial charge in [0.05, 0.1) is 31.3 Å². The number of sulfone groups is 1. The summed E-state index contributed by atoms with van der Waals surface area (Å²) in [5, 5.41) is 6.27. The molecule has 0 spiro atoms. The van der Waals surface area contributed by atoms with Crippen LogP contribution in [0.4, 0.5) is 5.00 Å². The van der Waals surface area contributed by atoms with Crippen LogP contribution < -0.4 is 20.1 Å². The largest absolute Gasteiger partial charge is 0.493 e. The third-order valence-electron chi connectivity index (χ3n) is 5.84. The maximum absolute atomic E-state index is 13.2. The lowest BCUT2D eigenvalue weighted by Crippen LogP contribution is -2.36. The molecular weight excluding hydrogens is 452 g/mol. The molecule has 0 bridgehead atoms. The minimum Gasteiger partial charge on any atom is -0.493 e. The number of hydrogen-bond acceptors (Lipinski definition) is 7. The Morgan fingerprint density at radius 3 is 2.50 bits per heavy atom. The van der Waals surface area contributed by atoms with Crippen molar-refractivity contribution in [3.8, 4) is 11.5 Å². The van der Waals surface area contributed by atoms with Crippen LogP contribution in [0, 0.1) is 0 Å². The summed E-state index contributed by atoms with van der Waals surface area (Å²) in [4.78, 5) is 27.3. The molecule has 1 aromatic heterocycles. The van der Waals surface area contributed by atoms with E-state index < -0.39 is 15.9 Å². The van der Waals surface area contributed by atoms with E-state index in [9.17, 15) is 18.0 Å². The molecule has 1 aliphatic carbocycles. The van der Waals surface area contributed by atoms with Crippen molar-refractivity contribution < 1.29 is 27.5 Å². The second-order valence-corrected chi connectivity index (χ2v) is 11.3. The topological polar surface area (TPSA) is 111 Å². The van der Waals surface area contributed by atoms with E-state index >= 15 is 0 Å². The van der Waals surface area contributed by atoms with Gasteiger partial charge in [-0.3, -0.25) is 9.59 Å². The maximum Gasteiger partial charge on any atom is 0.256 e. The average Bonchev–Trinajstić information content (AvgIpc) is 3.31. The molecule has 0 saturated carbocycles. The summed E-state index contributed by atoms with van der Waals surface area (Å²) < 4.78 is 34.1. The molecule has 32 heavy (non-hydrogen) atoms. The standard InChI is InChI=1S/C22H26N2O6S2/c1-29-16-8-7-13(11-17(16)30-2)20(25)24-22-19(15-5-3-4-6-18(15)31-22)21(26)23-14-9-10-32(27,28)12-14/h7-8,11,14H,3-6,9-10,12H2,1-2H3,(H,23,26)(H,24,25). The first-order chi connectivity index (χ1) is 15.3. The van der Waals surface area contributed by atoms with Crippen LogP contribution in [0.2, 0.25) is 0 Å². The van der Waals surface area contributed by atoms with Crippen molar-refractivity contribution in [2.24, 2.45) is 0 Å². The Morgan fingerprint density at radius 1 is 1.06 bits per heavy atom. The molecule has 4 rings (SSSR count). The molecule has 1 fully saturated rings. The van der Waals surface area contributed by atoms with Gasteiger partial charge in [0.15, 0.2) is 21.3 Å². The summed E-state index contributed by atoms with van der Waals surface area (Å²) in [5.74, 6) is 0.311. The highest BCUT2D eigenvalue weighted by Crippen LogP contribution is 2.39. The number of methoxy groups -OCH3 is 2. The van der Waals surface area contributed by atoms with Gasteiger partial charge in [0.25, 0.3) is 11.8 Å². The number of carbonyl (C=O) groups excluding carboxylic acids is 2. The molecule has 2 aliphatic rings. The van der Waals surface area contributed by atoms with E-state index in [2.05, 4.69) is 10.6 Å². The zero-order chi connectivity index (χ0) is 22.9. The lowest BCUT2D eigenvalue weighted by molar-refractivity contribution is 0.0941. The number of rotatable bonds is 6. The molecule has 2 aromatic rings. The molecule has 0 radical (unpaired) electrons. The zero-order valence-corrected chi connectivity index (χ0v) is 19.7. The van der Waals surface area contributed by atoms with Crippen molar-refractivity contribution in [1.82, 2.24) is 5.32 Å². The van der Waals surface area contributed by atoms with Crippen molar-refractivity contribution in [2.45, 2.75) is 38.1 Å². The summed E-state index contributed by atoms with van der Waals surface area (Å²) in [6, 6.07) is 4.47. The summed E-state index contributed by atoms with van der Waals surface area (Å²) >= 11 is 1.42. The molecule has 172 valence electrons. The summed E-state index contributed by atoms with van der Waals surface area (Å²) in [6.07, 6.45) is 4.06.